The maximum atomic E-state index is 9.06. The molecule has 0 rings (SSSR count). The first kappa shape index (κ1) is 9.88. The number of unbranched alkanes of at least 4 members (excludes halogenated alkanes) is 1. The summed E-state index contributed by atoms with van der Waals surface area (Å²) in [4.78, 5) is 1.77. The van der Waals surface area contributed by atoms with Crippen LogP contribution in [-0.4, -0.2) is 37.1 Å². The van der Waals surface area contributed by atoms with E-state index in [0.29, 0.717) is 0 Å². The fourth-order valence-electron chi connectivity index (χ4n) is 0.698. The molecule has 0 aromatic heterocycles. The zero-order chi connectivity index (χ0) is 7.98. The van der Waals surface area contributed by atoms with Crippen molar-refractivity contribution in [1.29, 1.82) is 0 Å². The standard InChI is InChI=1S/C7H17NO2/c1-4-5-6-8(2)7(9)10-3/h7,9H,4-6H2,1-3H3. The second-order valence-corrected chi connectivity index (χ2v) is 2.40. The first-order chi connectivity index (χ1) is 4.72. The number of hydrogen-bond donors (Lipinski definition) is 1. The molecule has 0 saturated carbocycles. The van der Waals surface area contributed by atoms with E-state index in [2.05, 4.69) is 6.92 Å². The predicted octanol–water partition coefficient (Wildman–Crippen LogP) is 0.641. The molecule has 1 atom stereocenters. The fraction of sp³-hybridized carbons (Fsp3) is 1.00. The van der Waals surface area contributed by atoms with Crippen LogP contribution in [0.3, 0.4) is 0 Å². The van der Waals surface area contributed by atoms with Crippen molar-refractivity contribution in [3.05, 3.63) is 0 Å². The van der Waals surface area contributed by atoms with E-state index < -0.39 is 6.41 Å². The first-order valence-electron chi connectivity index (χ1n) is 3.63. The van der Waals surface area contributed by atoms with Crippen LogP contribution in [0.2, 0.25) is 0 Å². The molecule has 1 N–H and O–H groups in total. The lowest BCUT2D eigenvalue weighted by Gasteiger charge is -2.20. The van der Waals surface area contributed by atoms with Crippen molar-refractivity contribution in [2.45, 2.75) is 26.2 Å². The summed E-state index contributed by atoms with van der Waals surface area (Å²) in [7, 11) is 3.33. The van der Waals surface area contributed by atoms with Crippen molar-refractivity contribution in [2.75, 3.05) is 20.7 Å². The maximum absolute atomic E-state index is 9.06. The van der Waals surface area contributed by atoms with Gasteiger partial charge in [-0.15, -0.1) is 0 Å². The lowest BCUT2D eigenvalue weighted by Crippen LogP contribution is -2.33. The largest absolute Gasteiger partial charge is 0.356 e. The molecule has 10 heavy (non-hydrogen) atoms. The Morgan fingerprint density at radius 3 is 2.60 bits per heavy atom. The van der Waals surface area contributed by atoms with Crippen LogP contribution < -0.4 is 0 Å². The van der Waals surface area contributed by atoms with Gasteiger partial charge in [-0.2, -0.15) is 0 Å². The Labute approximate surface area is 62.6 Å². The number of nitrogens with zero attached hydrogens (tertiary/aromatic N) is 1. The number of hydrogen-bond acceptors (Lipinski definition) is 3. The third kappa shape index (κ3) is 3.82. The Kier molecular flexibility index (Phi) is 5.58. The van der Waals surface area contributed by atoms with E-state index in [4.69, 9.17) is 9.84 Å². The number of aliphatic hydroxyl groups excluding tert-OH is 1. The van der Waals surface area contributed by atoms with Crippen molar-refractivity contribution >= 4 is 0 Å². The van der Waals surface area contributed by atoms with E-state index in [1.54, 1.807) is 4.90 Å². The second-order valence-electron chi connectivity index (χ2n) is 2.40. The van der Waals surface area contributed by atoms with Crippen LogP contribution in [0.15, 0.2) is 0 Å². The monoisotopic (exact) mass is 147 g/mol. The summed E-state index contributed by atoms with van der Waals surface area (Å²) in [6, 6.07) is 0. The van der Waals surface area contributed by atoms with Crippen molar-refractivity contribution in [1.82, 2.24) is 4.90 Å². The van der Waals surface area contributed by atoms with Gasteiger partial charge in [0.2, 0.25) is 6.41 Å². The van der Waals surface area contributed by atoms with Gasteiger partial charge in [-0.05, 0) is 13.5 Å². The highest BCUT2D eigenvalue weighted by molar-refractivity contribution is 4.46. The number of methoxy groups -OCH3 is 1. The molecule has 0 amide bonds. The van der Waals surface area contributed by atoms with Gasteiger partial charge in [0.1, 0.15) is 0 Å². The number of aliphatic hydroxyl groups is 1. The molecule has 62 valence electrons. The Morgan fingerprint density at radius 1 is 1.60 bits per heavy atom. The lowest BCUT2D eigenvalue weighted by atomic mass is 10.3. The maximum Gasteiger partial charge on any atom is 0.215 e. The summed E-state index contributed by atoms with van der Waals surface area (Å²) in [6.45, 7) is 3.00. The average molecular weight is 147 g/mol. The quantitative estimate of drug-likeness (QED) is 0.579. The Morgan fingerprint density at radius 2 is 2.20 bits per heavy atom. The van der Waals surface area contributed by atoms with Crippen molar-refractivity contribution in [3.63, 3.8) is 0 Å². The lowest BCUT2D eigenvalue weighted by molar-refractivity contribution is -0.167. The van der Waals surface area contributed by atoms with Crippen LogP contribution in [-0.2, 0) is 4.74 Å². The molecule has 0 aromatic rings. The summed E-state index contributed by atoms with van der Waals surface area (Å²) in [6.07, 6.45) is 1.49. The van der Waals surface area contributed by atoms with E-state index in [0.717, 1.165) is 19.4 Å². The van der Waals surface area contributed by atoms with E-state index in [1.165, 1.54) is 7.11 Å². The minimum Gasteiger partial charge on any atom is -0.356 e. The van der Waals surface area contributed by atoms with E-state index in [1.807, 2.05) is 7.05 Å². The zero-order valence-electron chi connectivity index (χ0n) is 7.00. The highest BCUT2D eigenvalue weighted by Crippen LogP contribution is 1.95. The topological polar surface area (TPSA) is 32.7 Å². The number of ether oxygens (including phenoxy) is 1. The van der Waals surface area contributed by atoms with Gasteiger partial charge in [-0.3, -0.25) is 4.90 Å². The molecule has 3 nitrogen and oxygen atoms in total. The van der Waals surface area contributed by atoms with Crippen LogP contribution in [0.25, 0.3) is 0 Å². The van der Waals surface area contributed by atoms with Crippen molar-refractivity contribution in [3.8, 4) is 0 Å². The normalized spacial score (nSPS) is 14.1. The van der Waals surface area contributed by atoms with E-state index >= 15 is 0 Å². The van der Waals surface area contributed by atoms with E-state index in [-0.39, 0.29) is 0 Å². The molecule has 0 aliphatic rings. The van der Waals surface area contributed by atoms with Crippen LogP contribution in [0.5, 0.6) is 0 Å². The van der Waals surface area contributed by atoms with Gasteiger partial charge in [0.25, 0.3) is 0 Å². The van der Waals surface area contributed by atoms with Crippen molar-refractivity contribution < 1.29 is 9.84 Å². The summed E-state index contributed by atoms with van der Waals surface area (Å²) >= 11 is 0. The summed E-state index contributed by atoms with van der Waals surface area (Å²) in [5.41, 5.74) is 0. The predicted molar refractivity (Wildman–Crippen MR) is 40.6 cm³/mol. The summed E-state index contributed by atoms with van der Waals surface area (Å²) in [5, 5.41) is 9.06. The fourth-order valence-corrected chi connectivity index (χ4v) is 0.698. The Hall–Kier alpha value is -0.120. The highest BCUT2D eigenvalue weighted by Gasteiger charge is 2.06. The Bertz CT molecular complexity index is 78.0. The smallest absolute Gasteiger partial charge is 0.215 e. The first-order valence-corrected chi connectivity index (χ1v) is 3.63. The van der Waals surface area contributed by atoms with Crippen LogP contribution >= 0.6 is 0 Å². The zero-order valence-corrected chi connectivity index (χ0v) is 7.00. The SMILES string of the molecule is CCCCN(C)C(O)OC. The van der Waals surface area contributed by atoms with E-state index in [9.17, 15) is 0 Å². The molecule has 0 radical (unpaired) electrons. The molecular weight excluding hydrogens is 130 g/mol. The van der Waals surface area contributed by atoms with Gasteiger partial charge in [-0.25, -0.2) is 0 Å². The Balaban J connectivity index is 3.31. The third-order valence-corrected chi connectivity index (χ3v) is 1.45. The van der Waals surface area contributed by atoms with Crippen LogP contribution in [0, 0.1) is 0 Å². The van der Waals surface area contributed by atoms with Gasteiger partial charge in [0, 0.05) is 13.7 Å². The van der Waals surface area contributed by atoms with Gasteiger partial charge in [0.05, 0.1) is 0 Å². The molecule has 0 spiro atoms. The molecule has 0 heterocycles. The molecule has 0 fully saturated rings. The van der Waals surface area contributed by atoms with Gasteiger partial charge >= 0.3 is 0 Å². The van der Waals surface area contributed by atoms with Crippen LogP contribution in [0.4, 0.5) is 0 Å². The summed E-state index contributed by atoms with van der Waals surface area (Å²) in [5.74, 6) is 0. The van der Waals surface area contributed by atoms with Crippen LogP contribution in [0.1, 0.15) is 19.8 Å². The van der Waals surface area contributed by atoms with Gasteiger partial charge in [-0.1, -0.05) is 13.3 Å². The summed E-state index contributed by atoms with van der Waals surface area (Å²) < 4.78 is 4.69. The molecule has 1 unspecified atom stereocenters. The van der Waals surface area contributed by atoms with Crippen molar-refractivity contribution in [2.24, 2.45) is 0 Å². The molecule has 3 heteroatoms. The molecule has 0 aromatic carbocycles. The van der Waals surface area contributed by atoms with Gasteiger partial charge < -0.3 is 9.84 Å². The number of rotatable bonds is 5. The minimum atomic E-state index is -0.744. The molecule has 0 bridgehead atoms. The molecule has 0 aliphatic carbocycles. The average Bonchev–Trinajstić information content (AvgIpc) is 1.98. The third-order valence-electron chi connectivity index (χ3n) is 1.45. The minimum absolute atomic E-state index is 0.744. The molecule has 0 saturated heterocycles. The highest BCUT2D eigenvalue weighted by atomic mass is 16.6. The van der Waals surface area contributed by atoms with Gasteiger partial charge in [0.15, 0.2) is 0 Å². The molecular formula is C7H17NO2. The second kappa shape index (κ2) is 5.65. The molecule has 0 aliphatic heterocycles.